The molecule has 136 valence electrons. The first-order valence-electron chi connectivity index (χ1n) is 8.68. The molecule has 0 bridgehead atoms. The molecule has 1 aromatic carbocycles. The van der Waals surface area contributed by atoms with Gasteiger partial charge in [-0.25, -0.2) is 14.6 Å². The van der Waals surface area contributed by atoms with Gasteiger partial charge in [0.1, 0.15) is 0 Å². The molecule has 0 saturated carbocycles. The molecule has 6 nitrogen and oxygen atoms in total. The third kappa shape index (κ3) is 2.88. The normalized spacial score (nSPS) is 15.8. The SMILES string of the molecule is Cc1ncn2c1Cn1nc(CN3CCCC3)nc1-c1cc(Br)ccc1-2.Cl. The van der Waals surface area contributed by atoms with Crippen molar-refractivity contribution in [3.05, 3.63) is 46.2 Å². The Morgan fingerprint density at radius 1 is 1.19 bits per heavy atom. The topological polar surface area (TPSA) is 51.8 Å². The van der Waals surface area contributed by atoms with Crippen molar-refractivity contribution in [1.82, 2.24) is 29.2 Å². The molecule has 0 radical (unpaired) electrons. The maximum Gasteiger partial charge on any atom is 0.165 e. The second kappa shape index (κ2) is 6.79. The Balaban J connectivity index is 0.00000168. The zero-order chi connectivity index (χ0) is 17.0. The number of imidazole rings is 1. The lowest BCUT2D eigenvalue weighted by Gasteiger charge is -2.11. The zero-order valence-electron chi connectivity index (χ0n) is 14.5. The van der Waals surface area contributed by atoms with E-state index >= 15 is 0 Å². The van der Waals surface area contributed by atoms with Crippen LogP contribution in [0.3, 0.4) is 0 Å². The summed E-state index contributed by atoms with van der Waals surface area (Å²) in [6.45, 7) is 5.88. The number of hydrogen-bond donors (Lipinski definition) is 0. The van der Waals surface area contributed by atoms with Crippen molar-refractivity contribution in [3.8, 4) is 17.1 Å². The Kier molecular flexibility index (Phi) is 4.62. The Morgan fingerprint density at radius 3 is 2.81 bits per heavy atom. The van der Waals surface area contributed by atoms with Crippen molar-refractivity contribution in [2.24, 2.45) is 0 Å². The fourth-order valence-corrected chi connectivity index (χ4v) is 4.17. The Hall–Kier alpha value is -1.70. The van der Waals surface area contributed by atoms with Crippen molar-refractivity contribution in [1.29, 1.82) is 0 Å². The largest absolute Gasteiger partial charge is 0.300 e. The van der Waals surface area contributed by atoms with Gasteiger partial charge in [-0.05, 0) is 51.1 Å². The van der Waals surface area contributed by atoms with Gasteiger partial charge < -0.3 is 4.57 Å². The maximum atomic E-state index is 4.90. The van der Waals surface area contributed by atoms with Crippen molar-refractivity contribution in [2.75, 3.05) is 13.1 Å². The van der Waals surface area contributed by atoms with Crippen LogP contribution in [-0.4, -0.2) is 42.3 Å². The second-order valence-corrected chi connectivity index (χ2v) is 7.72. The van der Waals surface area contributed by atoms with E-state index in [1.54, 1.807) is 0 Å². The van der Waals surface area contributed by atoms with Gasteiger partial charge in [-0.1, -0.05) is 15.9 Å². The maximum absolute atomic E-state index is 4.90. The van der Waals surface area contributed by atoms with Gasteiger partial charge in [0, 0.05) is 10.0 Å². The summed E-state index contributed by atoms with van der Waals surface area (Å²) in [5, 5.41) is 4.83. The number of likely N-dealkylation sites (tertiary alicyclic amines) is 1. The van der Waals surface area contributed by atoms with Gasteiger partial charge in [0.05, 0.1) is 36.5 Å². The highest BCUT2D eigenvalue weighted by Gasteiger charge is 2.25. The summed E-state index contributed by atoms with van der Waals surface area (Å²) < 4.78 is 5.24. The van der Waals surface area contributed by atoms with E-state index in [0.717, 1.165) is 52.7 Å². The molecule has 0 amide bonds. The lowest BCUT2D eigenvalue weighted by molar-refractivity contribution is 0.322. The van der Waals surface area contributed by atoms with Crippen LogP contribution >= 0.6 is 28.3 Å². The smallest absolute Gasteiger partial charge is 0.165 e. The second-order valence-electron chi connectivity index (χ2n) is 6.80. The summed E-state index contributed by atoms with van der Waals surface area (Å²) in [6.07, 6.45) is 4.46. The van der Waals surface area contributed by atoms with Gasteiger partial charge in [-0.3, -0.25) is 4.90 Å². The van der Waals surface area contributed by atoms with Crippen LogP contribution in [0.25, 0.3) is 17.1 Å². The van der Waals surface area contributed by atoms with Gasteiger partial charge in [-0.2, -0.15) is 5.10 Å². The molecule has 2 aliphatic rings. The minimum absolute atomic E-state index is 0. The third-order valence-corrected chi connectivity index (χ3v) is 5.61. The van der Waals surface area contributed by atoms with Crippen LogP contribution in [0.15, 0.2) is 29.0 Å². The van der Waals surface area contributed by atoms with E-state index in [-0.39, 0.29) is 12.4 Å². The quantitative estimate of drug-likeness (QED) is 0.483. The molecule has 2 aliphatic heterocycles. The molecule has 5 rings (SSSR count). The van der Waals surface area contributed by atoms with Crippen LogP contribution < -0.4 is 0 Å². The molecule has 4 heterocycles. The standard InChI is InChI=1S/C18H19BrN6.ClH/c1-12-16-9-25-18(21-17(22-25)10-23-6-2-3-7-23)14-8-13(19)4-5-15(14)24(16)11-20-12;/h4-5,8,11H,2-3,6-7,9-10H2,1H3;1H. The summed E-state index contributed by atoms with van der Waals surface area (Å²) in [7, 11) is 0. The van der Waals surface area contributed by atoms with Crippen LogP contribution in [0.2, 0.25) is 0 Å². The fourth-order valence-electron chi connectivity index (χ4n) is 3.81. The highest BCUT2D eigenvalue weighted by molar-refractivity contribution is 9.10. The van der Waals surface area contributed by atoms with E-state index in [0.29, 0.717) is 6.54 Å². The van der Waals surface area contributed by atoms with Crippen molar-refractivity contribution in [2.45, 2.75) is 32.9 Å². The van der Waals surface area contributed by atoms with Gasteiger partial charge in [0.15, 0.2) is 11.6 Å². The Bertz CT molecular complexity index is 957. The van der Waals surface area contributed by atoms with Gasteiger partial charge in [0.2, 0.25) is 0 Å². The van der Waals surface area contributed by atoms with E-state index < -0.39 is 0 Å². The monoisotopic (exact) mass is 434 g/mol. The molecule has 0 unspecified atom stereocenters. The van der Waals surface area contributed by atoms with Gasteiger partial charge >= 0.3 is 0 Å². The molecule has 1 saturated heterocycles. The molecular formula is C18H20BrClN6. The Morgan fingerprint density at radius 2 is 2.00 bits per heavy atom. The average molecular weight is 436 g/mol. The van der Waals surface area contributed by atoms with Crippen molar-refractivity contribution < 1.29 is 0 Å². The lowest BCUT2D eigenvalue weighted by Crippen LogP contribution is -2.19. The van der Waals surface area contributed by atoms with E-state index in [4.69, 9.17) is 10.1 Å². The minimum atomic E-state index is 0. The van der Waals surface area contributed by atoms with Crippen molar-refractivity contribution in [3.63, 3.8) is 0 Å². The number of nitrogens with zero attached hydrogens (tertiary/aromatic N) is 6. The number of benzene rings is 1. The molecule has 1 fully saturated rings. The third-order valence-electron chi connectivity index (χ3n) is 5.11. The number of halogens is 2. The molecule has 0 N–H and O–H groups in total. The number of aryl methyl sites for hydroxylation is 1. The molecule has 0 spiro atoms. The predicted octanol–water partition coefficient (Wildman–Crippen LogP) is 3.58. The average Bonchev–Trinajstić information content (AvgIpc) is 3.30. The highest BCUT2D eigenvalue weighted by atomic mass is 79.9. The predicted molar refractivity (Wildman–Crippen MR) is 106 cm³/mol. The number of fused-ring (bicyclic) bond motifs is 5. The summed E-state index contributed by atoms with van der Waals surface area (Å²) in [5.41, 5.74) is 4.40. The van der Waals surface area contributed by atoms with Gasteiger partial charge in [-0.15, -0.1) is 12.4 Å². The van der Waals surface area contributed by atoms with Gasteiger partial charge in [0.25, 0.3) is 0 Å². The molecule has 0 atom stereocenters. The summed E-state index contributed by atoms with van der Waals surface area (Å²) in [6, 6.07) is 6.31. The Labute approximate surface area is 166 Å². The molecular weight excluding hydrogens is 416 g/mol. The minimum Gasteiger partial charge on any atom is -0.300 e. The molecule has 8 heteroatoms. The number of hydrogen-bond acceptors (Lipinski definition) is 4. The summed E-state index contributed by atoms with van der Waals surface area (Å²) in [4.78, 5) is 11.8. The van der Waals surface area contributed by atoms with E-state index in [9.17, 15) is 0 Å². The first kappa shape index (κ1) is 17.7. The van der Waals surface area contributed by atoms with Crippen LogP contribution in [0.4, 0.5) is 0 Å². The molecule has 26 heavy (non-hydrogen) atoms. The van der Waals surface area contributed by atoms with E-state index in [1.807, 2.05) is 11.0 Å². The number of rotatable bonds is 2. The highest BCUT2D eigenvalue weighted by Crippen LogP contribution is 2.33. The summed E-state index contributed by atoms with van der Waals surface area (Å²) in [5.74, 6) is 1.85. The van der Waals surface area contributed by atoms with E-state index in [2.05, 4.69) is 55.5 Å². The van der Waals surface area contributed by atoms with Crippen molar-refractivity contribution >= 4 is 28.3 Å². The fraction of sp³-hybridized carbons (Fsp3) is 0.389. The lowest BCUT2D eigenvalue weighted by atomic mass is 10.1. The first-order chi connectivity index (χ1) is 12.2. The van der Waals surface area contributed by atoms with E-state index in [1.165, 1.54) is 18.5 Å². The molecule has 3 aromatic rings. The number of aromatic nitrogens is 5. The molecule has 0 aliphatic carbocycles. The molecule has 2 aromatic heterocycles. The van der Waals surface area contributed by atoms with Crippen LogP contribution in [-0.2, 0) is 13.1 Å². The van der Waals surface area contributed by atoms with Crippen LogP contribution in [0, 0.1) is 6.92 Å². The van der Waals surface area contributed by atoms with Crippen LogP contribution in [0.1, 0.15) is 30.1 Å². The summed E-state index contributed by atoms with van der Waals surface area (Å²) >= 11 is 3.60. The van der Waals surface area contributed by atoms with Crippen LogP contribution in [0.5, 0.6) is 0 Å². The first-order valence-corrected chi connectivity index (χ1v) is 9.47. The zero-order valence-corrected chi connectivity index (χ0v) is 16.9.